The maximum atomic E-state index is 12.7. The molecule has 0 radical (unpaired) electrons. The van der Waals surface area contributed by atoms with Gasteiger partial charge in [-0.15, -0.1) is 0 Å². The summed E-state index contributed by atoms with van der Waals surface area (Å²) in [6.07, 6.45) is 8.77. The summed E-state index contributed by atoms with van der Waals surface area (Å²) in [4.78, 5) is 28.8. The molecule has 0 N–H and O–H groups in total. The van der Waals surface area contributed by atoms with Crippen LogP contribution in [0.5, 0.6) is 5.75 Å². The van der Waals surface area contributed by atoms with Crippen molar-refractivity contribution in [1.29, 1.82) is 0 Å². The minimum atomic E-state index is -0.548. The number of piperidine rings is 1. The number of nitrogens with zero attached hydrogens (tertiary/aromatic N) is 4. The van der Waals surface area contributed by atoms with Crippen molar-refractivity contribution in [2.45, 2.75) is 96.1 Å². The molecule has 1 aromatic heterocycles. The Morgan fingerprint density at radius 1 is 1.05 bits per heavy atom. The van der Waals surface area contributed by atoms with Gasteiger partial charge in [-0.1, -0.05) is 0 Å². The van der Waals surface area contributed by atoms with Crippen LogP contribution in [-0.4, -0.2) is 78.0 Å². The average molecular weight is 555 g/mol. The van der Waals surface area contributed by atoms with E-state index in [2.05, 4.69) is 0 Å². The number of likely N-dealkylation sites (tertiary alicyclic amines) is 1. The van der Waals surface area contributed by atoms with Crippen LogP contribution in [0.4, 0.5) is 15.3 Å². The second kappa shape index (κ2) is 11.3. The zero-order valence-electron chi connectivity index (χ0n) is 24.5. The lowest BCUT2D eigenvalue weighted by atomic mass is 9.91. The maximum Gasteiger partial charge on any atom is 0.414 e. The SMILES string of the molecule is COC(=O)N1c2ccc(-c3cnn(C4CCN(C(=O)OC(C)(C)C)CC4OC)c3)c(OC3CCC3)c2CCC1C. The maximum absolute atomic E-state index is 12.7. The van der Waals surface area contributed by atoms with E-state index in [1.807, 2.05) is 56.9 Å². The molecule has 3 aliphatic rings. The fraction of sp³-hybridized carbons (Fsp3) is 0.633. The predicted octanol–water partition coefficient (Wildman–Crippen LogP) is 5.59. The molecule has 1 saturated heterocycles. The van der Waals surface area contributed by atoms with E-state index in [0.717, 1.165) is 53.8 Å². The lowest BCUT2D eigenvalue weighted by molar-refractivity contribution is -0.0274. The molecule has 3 atom stereocenters. The summed E-state index contributed by atoms with van der Waals surface area (Å²) in [7, 11) is 3.09. The van der Waals surface area contributed by atoms with Crippen molar-refractivity contribution in [1.82, 2.24) is 14.7 Å². The zero-order chi connectivity index (χ0) is 28.6. The molecule has 10 nitrogen and oxygen atoms in total. The quantitative estimate of drug-likeness (QED) is 0.476. The first-order chi connectivity index (χ1) is 19.1. The first-order valence-corrected chi connectivity index (χ1v) is 14.3. The van der Waals surface area contributed by atoms with Gasteiger partial charge in [0.2, 0.25) is 0 Å². The molecular formula is C30H42N4O6. The second-order valence-corrected chi connectivity index (χ2v) is 12.1. The molecule has 10 heteroatoms. The van der Waals surface area contributed by atoms with E-state index < -0.39 is 5.60 Å². The largest absolute Gasteiger partial charge is 0.489 e. The third-order valence-corrected chi connectivity index (χ3v) is 8.19. The van der Waals surface area contributed by atoms with Crippen LogP contribution in [-0.2, 0) is 20.6 Å². The Labute approximate surface area is 236 Å². The van der Waals surface area contributed by atoms with Gasteiger partial charge in [0, 0.05) is 42.6 Å². The highest BCUT2D eigenvalue weighted by Gasteiger charge is 2.36. The lowest BCUT2D eigenvalue weighted by Crippen LogP contribution is -2.49. The van der Waals surface area contributed by atoms with E-state index in [1.165, 1.54) is 13.5 Å². The molecule has 1 saturated carbocycles. The van der Waals surface area contributed by atoms with Crippen molar-refractivity contribution in [2.75, 3.05) is 32.2 Å². The van der Waals surface area contributed by atoms with Crippen LogP contribution in [0.2, 0.25) is 0 Å². The molecule has 0 bridgehead atoms. The summed E-state index contributed by atoms with van der Waals surface area (Å²) in [5.41, 5.74) is 3.26. The fourth-order valence-electron chi connectivity index (χ4n) is 5.79. The van der Waals surface area contributed by atoms with Crippen molar-refractivity contribution < 1.29 is 28.5 Å². The summed E-state index contributed by atoms with van der Waals surface area (Å²) < 4.78 is 25.1. The van der Waals surface area contributed by atoms with Crippen LogP contribution < -0.4 is 9.64 Å². The molecule has 2 aromatic rings. The van der Waals surface area contributed by atoms with E-state index in [1.54, 1.807) is 16.9 Å². The zero-order valence-corrected chi connectivity index (χ0v) is 24.5. The van der Waals surface area contributed by atoms with E-state index in [-0.39, 0.29) is 36.5 Å². The number of ether oxygens (including phenoxy) is 4. The van der Waals surface area contributed by atoms with E-state index in [4.69, 9.17) is 24.0 Å². The summed E-state index contributed by atoms with van der Waals surface area (Å²) in [5, 5.41) is 4.74. The van der Waals surface area contributed by atoms with Gasteiger partial charge in [0.25, 0.3) is 0 Å². The van der Waals surface area contributed by atoms with E-state index in [0.29, 0.717) is 19.5 Å². The van der Waals surface area contributed by atoms with Crippen molar-refractivity contribution in [3.05, 3.63) is 30.1 Å². The molecule has 5 rings (SSSR count). The highest BCUT2D eigenvalue weighted by atomic mass is 16.6. The van der Waals surface area contributed by atoms with Crippen LogP contribution in [0.1, 0.15) is 71.4 Å². The Bertz CT molecular complexity index is 1230. The molecule has 0 spiro atoms. The number of anilines is 1. The van der Waals surface area contributed by atoms with Gasteiger partial charge in [-0.05, 0) is 78.4 Å². The van der Waals surface area contributed by atoms with Gasteiger partial charge in [-0.25, -0.2) is 9.59 Å². The standard InChI is InChI=1S/C30H42N4O6/c1-19-10-11-23-24(34(19)29(36)38-6)13-12-22(27(23)39-21-8-7-9-21)20-16-31-33(17-20)25-14-15-32(18-26(25)37-5)28(35)40-30(2,3)4/h12-13,16-17,19,21,25-26H,7-11,14-15,18H2,1-6H3. The number of rotatable bonds is 5. The Balaban J connectivity index is 1.43. The molecule has 218 valence electrons. The van der Waals surface area contributed by atoms with Gasteiger partial charge in [0.05, 0.1) is 43.8 Å². The summed E-state index contributed by atoms with van der Waals surface area (Å²) in [6, 6.07) is 4.05. The minimum absolute atomic E-state index is 0.0262. The third kappa shape index (κ3) is 5.64. The highest BCUT2D eigenvalue weighted by molar-refractivity contribution is 5.92. The van der Waals surface area contributed by atoms with Crippen molar-refractivity contribution in [2.24, 2.45) is 0 Å². The Morgan fingerprint density at radius 3 is 2.48 bits per heavy atom. The molecular weight excluding hydrogens is 512 g/mol. The van der Waals surface area contributed by atoms with Gasteiger partial charge in [-0.2, -0.15) is 5.10 Å². The summed E-state index contributed by atoms with van der Waals surface area (Å²) in [5.74, 6) is 0.839. The molecule has 3 heterocycles. The number of carbonyl (C=O) groups excluding carboxylic acids is 2. The number of hydrogen-bond acceptors (Lipinski definition) is 7. The number of carbonyl (C=O) groups is 2. The normalized spacial score (nSPS) is 23.3. The van der Waals surface area contributed by atoms with E-state index >= 15 is 0 Å². The molecule has 3 unspecified atom stereocenters. The molecule has 40 heavy (non-hydrogen) atoms. The Kier molecular flexibility index (Phi) is 7.99. The number of aromatic nitrogens is 2. The predicted molar refractivity (Wildman–Crippen MR) is 151 cm³/mol. The van der Waals surface area contributed by atoms with Gasteiger partial charge in [-0.3, -0.25) is 9.58 Å². The average Bonchev–Trinajstić information content (AvgIpc) is 3.38. The molecule has 1 aliphatic carbocycles. The van der Waals surface area contributed by atoms with Gasteiger partial charge in [0.15, 0.2) is 0 Å². The number of hydrogen-bond donors (Lipinski definition) is 0. The van der Waals surface area contributed by atoms with Crippen molar-refractivity contribution in [3.63, 3.8) is 0 Å². The van der Waals surface area contributed by atoms with E-state index in [9.17, 15) is 9.59 Å². The van der Waals surface area contributed by atoms with Crippen LogP contribution in [0, 0.1) is 0 Å². The number of fused-ring (bicyclic) bond motifs is 1. The van der Waals surface area contributed by atoms with Crippen LogP contribution >= 0.6 is 0 Å². The smallest absolute Gasteiger partial charge is 0.414 e. The van der Waals surface area contributed by atoms with Gasteiger partial charge in [0.1, 0.15) is 11.4 Å². The monoisotopic (exact) mass is 554 g/mol. The summed E-state index contributed by atoms with van der Waals surface area (Å²) in [6.45, 7) is 8.65. The number of methoxy groups -OCH3 is 2. The number of benzene rings is 1. The van der Waals surface area contributed by atoms with Gasteiger partial charge >= 0.3 is 12.2 Å². The molecule has 1 aromatic carbocycles. The number of amides is 2. The fourth-order valence-corrected chi connectivity index (χ4v) is 5.79. The Morgan fingerprint density at radius 2 is 1.82 bits per heavy atom. The van der Waals surface area contributed by atoms with Crippen molar-refractivity contribution in [3.8, 4) is 16.9 Å². The molecule has 2 fully saturated rings. The third-order valence-electron chi connectivity index (χ3n) is 8.19. The van der Waals surface area contributed by atoms with Crippen LogP contribution in [0.25, 0.3) is 11.1 Å². The lowest BCUT2D eigenvalue weighted by Gasteiger charge is -2.38. The second-order valence-electron chi connectivity index (χ2n) is 12.1. The Hall–Kier alpha value is -3.27. The molecule has 2 aliphatic heterocycles. The first-order valence-electron chi connectivity index (χ1n) is 14.3. The highest BCUT2D eigenvalue weighted by Crippen LogP contribution is 2.45. The first kappa shape index (κ1) is 28.3. The van der Waals surface area contributed by atoms with Gasteiger partial charge < -0.3 is 23.8 Å². The minimum Gasteiger partial charge on any atom is -0.489 e. The van der Waals surface area contributed by atoms with Crippen LogP contribution in [0.3, 0.4) is 0 Å². The molecule has 2 amide bonds. The van der Waals surface area contributed by atoms with Crippen LogP contribution in [0.15, 0.2) is 24.5 Å². The van der Waals surface area contributed by atoms with Crippen molar-refractivity contribution >= 4 is 17.9 Å². The summed E-state index contributed by atoms with van der Waals surface area (Å²) >= 11 is 0. The topological polar surface area (TPSA) is 95.4 Å².